The summed E-state index contributed by atoms with van der Waals surface area (Å²) in [5, 5.41) is 17.3. The van der Waals surface area contributed by atoms with Crippen LogP contribution in [0.15, 0.2) is 0 Å². The summed E-state index contributed by atoms with van der Waals surface area (Å²) in [6.07, 6.45) is 0.159. The number of aliphatic hydroxyl groups excluding tert-OH is 2. The first-order valence-electron chi connectivity index (χ1n) is 2.80. The molecule has 0 fully saturated rings. The second-order valence-corrected chi connectivity index (χ2v) is 1.97. The summed E-state index contributed by atoms with van der Waals surface area (Å²) >= 11 is 0. The molecule has 0 aliphatic heterocycles. The topological polar surface area (TPSA) is 40.5 Å². The molecule has 2 unspecified atom stereocenters. The molecule has 0 spiro atoms. The van der Waals surface area contributed by atoms with Crippen LogP contribution in [0.4, 0.5) is 0 Å². The molecule has 49 valence electrons. The van der Waals surface area contributed by atoms with Gasteiger partial charge in [0.2, 0.25) is 0 Å². The molecule has 0 rings (SSSR count). The summed E-state index contributed by atoms with van der Waals surface area (Å²) in [7, 11) is 0. The van der Waals surface area contributed by atoms with E-state index in [1.807, 2.05) is 0 Å². The third-order valence-electron chi connectivity index (χ3n) is 1.29. The molecule has 0 saturated heterocycles. The highest BCUT2D eigenvalue weighted by atomic mass is 16.3. The van der Waals surface area contributed by atoms with Crippen molar-refractivity contribution in [2.75, 3.05) is 6.61 Å². The molecule has 0 aromatic rings. The first-order chi connectivity index (χ1) is 3.72. The van der Waals surface area contributed by atoms with Gasteiger partial charge in [0.25, 0.3) is 0 Å². The number of hydrogen-bond acceptors (Lipinski definition) is 2. The van der Waals surface area contributed by atoms with E-state index in [4.69, 9.17) is 10.2 Å². The van der Waals surface area contributed by atoms with Crippen molar-refractivity contribution in [3.63, 3.8) is 0 Å². The molecule has 0 aliphatic carbocycles. The minimum atomic E-state index is -0.433. The van der Waals surface area contributed by atoms with E-state index >= 15 is 0 Å². The summed E-state index contributed by atoms with van der Waals surface area (Å²) < 4.78 is 0. The normalized spacial score (nSPS) is 18.0. The van der Waals surface area contributed by atoms with E-state index in [9.17, 15) is 0 Å². The van der Waals surface area contributed by atoms with Crippen LogP contribution in [0.3, 0.4) is 0 Å². The second kappa shape index (κ2) is 3.87. The van der Waals surface area contributed by atoms with Crippen molar-refractivity contribution in [1.82, 2.24) is 0 Å². The van der Waals surface area contributed by atoms with Gasteiger partial charge in [-0.3, -0.25) is 0 Å². The molecule has 0 aromatic heterocycles. The maximum atomic E-state index is 8.81. The van der Waals surface area contributed by atoms with Gasteiger partial charge in [0.05, 0.1) is 6.10 Å². The van der Waals surface area contributed by atoms with Crippen LogP contribution in [0, 0.1) is 12.8 Å². The Kier molecular flexibility index (Phi) is 3.83. The van der Waals surface area contributed by atoms with E-state index in [2.05, 4.69) is 6.92 Å². The number of aliphatic hydroxyl groups is 2. The second-order valence-electron chi connectivity index (χ2n) is 1.97. The molecular formula is C6H13O2. The van der Waals surface area contributed by atoms with E-state index in [1.54, 1.807) is 6.92 Å². The van der Waals surface area contributed by atoms with Crippen molar-refractivity contribution in [2.45, 2.75) is 19.4 Å². The van der Waals surface area contributed by atoms with E-state index in [0.717, 1.165) is 0 Å². The third-order valence-corrected chi connectivity index (χ3v) is 1.29. The molecule has 0 amide bonds. The third kappa shape index (κ3) is 2.28. The van der Waals surface area contributed by atoms with Gasteiger partial charge in [-0.25, -0.2) is 0 Å². The van der Waals surface area contributed by atoms with Crippen molar-refractivity contribution in [3.8, 4) is 0 Å². The van der Waals surface area contributed by atoms with Gasteiger partial charge in [0.1, 0.15) is 0 Å². The van der Waals surface area contributed by atoms with Crippen molar-refractivity contribution >= 4 is 0 Å². The smallest absolute Gasteiger partial charge is 0.0562 e. The number of hydrogen-bond donors (Lipinski definition) is 2. The van der Waals surface area contributed by atoms with Crippen LogP contribution < -0.4 is 0 Å². The molecule has 0 aliphatic rings. The Hall–Kier alpha value is -0.0800. The molecule has 0 aromatic carbocycles. The first kappa shape index (κ1) is 7.92. The minimum Gasteiger partial charge on any atom is -0.396 e. The van der Waals surface area contributed by atoms with E-state index < -0.39 is 6.10 Å². The average Bonchev–Trinajstić information content (AvgIpc) is 1.69. The molecule has 2 atom stereocenters. The summed E-state index contributed by atoms with van der Waals surface area (Å²) in [6.45, 7) is 5.25. The van der Waals surface area contributed by atoms with Crippen molar-refractivity contribution < 1.29 is 10.2 Å². The van der Waals surface area contributed by atoms with Crippen LogP contribution in [0.1, 0.15) is 13.3 Å². The van der Waals surface area contributed by atoms with E-state index in [0.29, 0.717) is 6.42 Å². The SMILES string of the molecule is [CH2]CC(CO)C(C)O. The summed E-state index contributed by atoms with van der Waals surface area (Å²) in [6, 6.07) is 0. The molecule has 2 N–H and O–H groups in total. The van der Waals surface area contributed by atoms with Crippen LogP contribution in [0.25, 0.3) is 0 Å². The van der Waals surface area contributed by atoms with Crippen molar-refractivity contribution in [1.29, 1.82) is 0 Å². The maximum Gasteiger partial charge on any atom is 0.0562 e. The lowest BCUT2D eigenvalue weighted by atomic mass is 10.0. The fourth-order valence-electron chi connectivity index (χ4n) is 0.485. The van der Waals surface area contributed by atoms with E-state index in [-0.39, 0.29) is 12.5 Å². The van der Waals surface area contributed by atoms with Crippen molar-refractivity contribution in [2.24, 2.45) is 5.92 Å². The van der Waals surface area contributed by atoms with Gasteiger partial charge >= 0.3 is 0 Å². The van der Waals surface area contributed by atoms with Crippen LogP contribution >= 0.6 is 0 Å². The standard InChI is InChI=1S/C6H13O2/c1-3-6(4-7)5(2)8/h5-8H,1,3-4H2,2H3. The Balaban J connectivity index is 3.35. The zero-order valence-electron chi connectivity index (χ0n) is 5.17. The highest BCUT2D eigenvalue weighted by molar-refractivity contribution is 4.63. The van der Waals surface area contributed by atoms with Gasteiger partial charge in [0.15, 0.2) is 0 Å². The van der Waals surface area contributed by atoms with Crippen LogP contribution in [0.2, 0.25) is 0 Å². The molecule has 0 saturated carbocycles. The maximum absolute atomic E-state index is 8.81. The Bertz CT molecular complexity index is 48.5. The Morgan fingerprint density at radius 2 is 2.12 bits per heavy atom. The summed E-state index contributed by atoms with van der Waals surface area (Å²) in [5.74, 6) is -0.0463. The molecule has 1 radical (unpaired) electrons. The van der Waals surface area contributed by atoms with Crippen LogP contribution in [-0.2, 0) is 0 Å². The minimum absolute atomic E-state index is 0.0289. The van der Waals surface area contributed by atoms with Gasteiger partial charge in [0, 0.05) is 12.5 Å². The quantitative estimate of drug-likeness (QED) is 0.554. The fraction of sp³-hybridized carbons (Fsp3) is 0.833. The first-order valence-corrected chi connectivity index (χ1v) is 2.80. The van der Waals surface area contributed by atoms with Crippen LogP contribution in [0.5, 0.6) is 0 Å². The summed E-state index contributed by atoms with van der Waals surface area (Å²) in [5.41, 5.74) is 0. The van der Waals surface area contributed by atoms with Gasteiger partial charge < -0.3 is 10.2 Å². The largest absolute Gasteiger partial charge is 0.396 e. The molecule has 0 bridgehead atoms. The molecule has 0 heterocycles. The lowest BCUT2D eigenvalue weighted by molar-refractivity contribution is 0.0822. The van der Waals surface area contributed by atoms with Crippen molar-refractivity contribution in [3.05, 3.63) is 6.92 Å². The Labute approximate surface area is 50.2 Å². The van der Waals surface area contributed by atoms with Gasteiger partial charge in [-0.1, -0.05) is 6.92 Å². The molecule has 2 heteroatoms. The Morgan fingerprint density at radius 3 is 2.12 bits per heavy atom. The average molecular weight is 117 g/mol. The zero-order valence-corrected chi connectivity index (χ0v) is 5.17. The summed E-state index contributed by atoms with van der Waals surface area (Å²) in [4.78, 5) is 0. The van der Waals surface area contributed by atoms with Gasteiger partial charge in [-0.2, -0.15) is 0 Å². The highest BCUT2D eigenvalue weighted by Gasteiger charge is 2.09. The lowest BCUT2D eigenvalue weighted by Crippen LogP contribution is -2.19. The Morgan fingerprint density at radius 1 is 1.62 bits per heavy atom. The lowest BCUT2D eigenvalue weighted by Gasteiger charge is -2.13. The predicted molar refractivity (Wildman–Crippen MR) is 32.2 cm³/mol. The van der Waals surface area contributed by atoms with E-state index in [1.165, 1.54) is 0 Å². The monoisotopic (exact) mass is 117 g/mol. The predicted octanol–water partition coefficient (Wildman–Crippen LogP) is 0.200. The van der Waals surface area contributed by atoms with Gasteiger partial charge in [-0.15, -0.1) is 0 Å². The highest BCUT2D eigenvalue weighted by Crippen LogP contribution is 2.05. The fourth-order valence-corrected chi connectivity index (χ4v) is 0.485. The molecular weight excluding hydrogens is 104 g/mol. The number of rotatable bonds is 3. The van der Waals surface area contributed by atoms with Gasteiger partial charge in [-0.05, 0) is 13.3 Å². The molecule has 8 heavy (non-hydrogen) atoms. The molecule has 2 nitrogen and oxygen atoms in total. The zero-order chi connectivity index (χ0) is 6.57. The van der Waals surface area contributed by atoms with Crippen LogP contribution in [-0.4, -0.2) is 22.9 Å².